The molecule has 200 valence electrons. The van der Waals surface area contributed by atoms with Crippen LogP contribution in [-0.2, 0) is 0 Å². The number of benzene rings is 6. The Balaban J connectivity index is 1.50. The second kappa shape index (κ2) is 9.66. The molecule has 0 fully saturated rings. The maximum Gasteiger partial charge on any atom is 0.188 e. The number of fused-ring (bicyclic) bond motifs is 7. The van der Waals surface area contributed by atoms with E-state index in [0.29, 0.717) is 11.3 Å². The van der Waals surface area contributed by atoms with Gasteiger partial charge in [-0.1, -0.05) is 60.7 Å². The minimum atomic E-state index is 0.435. The third-order valence-corrected chi connectivity index (χ3v) is 8.01. The molecule has 0 saturated heterocycles. The lowest BCUT2D eigenvalue weighted by atomic mass is 10.1. The summed E-state index contributed by atoms with van der Waals surface area (Å²) >= 11 is 0. The molecule has 5 heteroatoms. The van der Waals surface area contributed by atoms with Crippen LogP contribution in [-0.4, -0.2) is 4.57 Å². The fraction of sp³-hybridized carbons (Fsp3) is 0. The highest BCUT2D eigenvalue weighted by Crippen LogP contribution is 2.44. The van der Waals surface area contributed by atoms with Crippen LogP contribution >= 0.6 is 0 Å². The van der Waals surface area contributed by atoms with Crippen LogP contribution in [0.25, 0.3) is 54.3 Å². The molecule has 0 saturated carbocycles. The van der Waals surface area contributed by atoms with Crippen LogP contribution in [0.5, 0.6) is 0 Å². The summed E-state index contributed by atoms with van der Waals surface area (Å²) in [6.07, 6.45) is 0. The number of hydrogen-bond donors (Lipinski definition) is 0. The predicted molar refractivity (Wildman–Crippen MR) is 174 cm³/mol. The molecule has 0 aliphatic heterocycles. The average Bonchev–Trinajstić information content (AvgIpc) is 3.61. The molecule has 0 radical (unpaired) electrons. The van der Waals surface area contributed by atoms with E-state index >= 15 is 0 Å². The van der Waals surface area contributed by atoms with Gasteiger partial charge in [-0.15, -0.1) is 0 Å². The Morgan fingerprint density at radius 1 is 0.651 bits per heavy atom. The van der Waals surface area contributed by atoms with E-state index in [-0.39, 0.29) is 0 Å². The van der Waals surface area contributed by atoms with E-state index < -0.39 is 0 Å². The summed E-state index contributed by atoms with van der Waals surface area (Å²) in [6, 6.07) is 47.0. The molecule has 0 unspecified atom stereocenters. The van der Waals surface area contributed by atoms with Crippen molar-refractivity contribution in [1.29, 1.82) is 5.26 Å². The highest BCUT2D eigenvalue weighted by molar-refractivity contribution is 6.24. The third kappa shape index (κ3) is 3.77. The number of para-hydroxylation sites is 3. The Kier molecular flexibility index (Phi) is 5.50. The van der Waals surface area contributed by atoms with Crippen molar-refractivity contribution in [3.8, 4) is 11.8 Å². The Morgan fingerprint density at radius 3 is 2.07 bits per heavy atom. The SMILES string of the molecule is [C-]#[N+]c1ccc(-n2c3ccc(N(c4ccccc4)c4ccccc4)cc3c3c4oc5ccccc5c4ccc32)c(C#N)c1. The lowest BCUT2D eigenvalue weighted by Gasteiger charge is -2.25. The van der Waals surface area contributed by atoms with E-state index in [1.54, 1.807) is 12.1 Å². The van der Waals surface area contributed by atoms with Gasteiger partial charge in [-0.2, -0.15) is 5.26 Å². The van der Waals surface area contributed by atoms with Crippen LogP contribution in [0, 0.1) is 17.9 Å². The molecule has 0 amide bonds. The zero-order valence-corrected chi connectivity index (χ0v) is 22.9. The van der Waals surface area contributed by atoms with Gasteiger partial charge in [0.25, 0.3) is 0 Å². The largest absolute Gasteiger partial charge is 0.455 e. The quantitative estimate of drug-likeness (QED) is 0.205. The molecule has 0 atom stereocenters. The second-order valence-electron chi connectivity index (χ2n) is 10.4. The van der Waals surface area contributed by atoms with Gasteiger partial charge >= 0.3 is 0 Å². The molecule has 43 heavy (non-hydrogen) atoms. The molecule has 0 spiro atoms. The van der Waals surface area contributed by atoms with Crippen LogP contribution < -0.4 is 4.90 Å². The zero-order chi connectivity index (χ0) is 28.9. The molecule has 8 rings (SSSR count). The lowest BCUT2D eigenvalue weighted by Crippen LogP contribution is -2.09. The van der Waals surface area contributed by atoms with Gasteiger partial charge in [-0.3, -0.25) is 0 Å². The normalized spacial score (nSPS) is 11.2. The monoisotopic (exact) mass is 550 g/mol. The molecule has 0 aliphatic carbocycles. The first kappa shape index (κ1) is 24.5. The molecule has 0 aliphatic rings. The standard InChI is InChI=1S/C38H22N4O/c1-40-26-16-19-33(25(22-26)24-39)42-34-20-17-29(41(27-10-4-2-5-11-27)28-12-6-3-7-13-28)23-32(34)37-35(42)21-18-31-30-14-8-9-15-36(30)43-38(31)37/h2-23H. The summed E-state index contributed by atoms with van der Waals surface area (Å²) in [5, 5.41) is 14.2. The maximum absolute atomic E-state index is 10.1. The summed E-state index contributed by atoms with van der Waals surface area (Å²) in [6.45, 7) is 7.46. The van der Waals surface area contributed by atoms with E-state index in [9.17, 15) is 5.26 Å². The number of hydrogen-bond acceptors (Lipinski definition) is 3. The van der Waals surface area contributed by atoms with Gasteiger partial charge in [0.1, 0.15) is 11.2 Å². The number of anilines is 3. The van der Waals surface area contributed by atoms with Gasteiger partial charge in [0.05, 0.1) is 40.3 Å². The molecule has 0 N–H and O–H groups in total. The fourth-order valence-corrected chi connectivity index (χ4v) is 6.15. The van der Waals surface area contributed by atoms with Crippen molar-refractivity contribution in [2.24, 2.45) is 0 Å². The first-order valence-electron chi connectivity index (χ1n) is 14.0. The molecule has 2 aromatic heterocycles. The van der Waals surface area contributed by atoms with E-state index in [4.69, 9.17) is 11.0 Å². The van der Waals surface area contributed by atoms with Crippen LogP contribution in [0.4, 0.5) is 22.7 Å². The van der Waals surface area contributed by atoms with Crippen molar-refractivity contribution < 1.29 is 4.42 Å². The number of nitrogens with zero attached hydrogens (tertiary/aromatic N) is 4. The molecule has 0 bridgehead atoms. The molecule has 5 nitrogen and oxygen atoms in total. The first-order chi connectivity index (χ1) is 21.2. The van der Waals surface area contributed by atoms with Crippen molar-refractivity contribution in [3.05, 3.63) is 150 Å². The van der Waals surface area contributed by atoms with Gasteiger partial charge in [0.2, 0.25) is 0 Å². The molecular weight excluding hydrogens is 528 g/mol. The minimum absolute atomic E-state index is 0.435. The van der Waals surface area contributed by atoms with Crippen molar-refractivity contribution >= 4 is 66.5 Å². The van der Waals surface area contributed by atoms with Crippen LogP contribution in [0.2, 0.25) is 0 Å². The Hall–Kier alpha value is -6.30. The number of rotatable bonds is 4. The summed E-state index contributed by atoms with van der Waals surface area (Å²) in [5.41, 5.74) is 8.21. The van der Waals surface area contributed by atoms with Crippen LogP contribution in [0.1, 0.15) is 5.56 Å². The number of furan rings is 1. The van der Waals surface area contributed by atoms with Gasteiger partial charge in [0.15, 0.2) is 5.69 Å². The molecular formula is C38H22N4O. The highest BCUT2D eigenvalue weighted by Gasteiger charge is 2.22. The molecule has 8 aromatic rings. The second-order valence-corrected chi connectivity index (χ2v) is 10.4. The molecule has 6 aromatic carbocycles. The number of nitriles is 1. The first-order valence-corrected chi connectivity index (χ1v) is 14.0. The Bertz CT molecular complexity index is 2380. The maximum atomic E-state index is 10.1. The smallest absolute Gasteiger partial charge is 0.188 e. The van der Waals surface area contributed by atoms with Crippen molar-refractivity contribution in [3.63, 3.8) is 0 Å². The summed E-state index contributed by atoms with van der Waals surface area (Å²) < 4.78 is 8.67. The summed E-state index contributed by atoms with van der Waals surface area (Å²) in [7, 11) is 0. The number of aromatic nitrogens is 1. The fourth-order valence-electron chi connectivity index (χ4n) is 6.15. The van der Waals surface area contributed by atoms with E-state index in [0.717, 1.165) is 66.5 Å². The summed E-state index contributed by atoms with van der Waals surface area (Å²) in [5.74, 6) is 0. The van der Waals surface area contributed by atoms with Gasteiger partial charge in [-0.05, 0) is 72.8 Å². The highest BCUT2D eigenvalue weighted by atomic mass is 16.3. The van der Waals surface area contributed by atoms with Crippen molar-refractivity contribution in [2.45, 2.75) is 0 Å². The van der Waals surface area contributed by atoms with E-state index in [2.05, 4.69) is 81.0 Å². The van der Waals surface area contributed by atoms with Crippen molar-refractivity contribution in [2.75, 3.05) is 4.90 Å². The van der Waals surface area contributed by atoms with Gasteiger partial charge in [0, 0.05) is 33.2 Å². The Morgan fingerprint density at radius 2 is 1.35 bits per heavy atom. The summed E-state index contributed by atoms with van der Waals surface area (Å²) in [4.78, 5) is 5.79. The third-order valence-electron chi connectivity index (χ3n) is 8.01. The topological polar surface area (TPSA) is 49.5 Å². The minimum Gasteiger partial charge on any atom is -0.455 e. The zero-order valence-electron chi connectivity index (χ0n) is 22.9. The van der Waals surface area contributed by atoms with Crippen LogP contribution in [0.3, 0.4) is 0 Å². The van der Waals surface area contributed by atoms with Gasteiger partial charge in [-0.25, -0.2) is 4.85 Å². The Labute approximate surface area is 247 Å². The van der Waals surface area contributed by atoms with Crippen molar-refractivity contribution in [1.82, 2.24) is 4.57 Å². The lowest BCUT2D eigenvalue weighted by molar-refractivity contribution is 0.673. The van der Waals surface area contributed by atoms with E-state index in [1.807, 2.05) is 60.7 Å². The molecule has 2 heterocycles. The average molecular weight is 551 g/mol. The van der Waals surface area contributed by atoms with E-state index in [1.165, 1.54) is 0 Å². The van der Waals surface area contributed by atoms with Gasteiger partial charge < -0.3 is 13.9 Å². The predicted octanol–water partition coefficient (Wildman–Crippen LogP) is 10.6. The van der Waals surface area contributed by atoms with Crippen LogP contribution in [0.15, 0.2) is 138 Å².